The van der Waals surface area contributed by atoms with E-state index in [2.05, 4.69) is 17.6 Å². The summed E-state index contributed by atoms with van der Waals surface area (Å²) in [5.74, 6) is 0.0867. The topological polar surface area (TPSA) is 87.7 Å². The van der Waals surface area contributed by atoms with Gasteiger partial charge in [-0.2, -0.15) is 11.8 Å². The lowest BCUT2D eigenvalue weighted by Crippen LogP contribution is -2.53. The Bertz CT molecular complexity index is 1150. The molecular formula is C32H47N3O4S. The average molecular weight is 570 g/mol. The second-order valence-corrected chi connectivity index (χ2v) is 12.4. The van der Waals surface area contributed by atoms with Gasteiger partial charge in [0.05, 0.1) is 0 Å². The molecule has 0 aliphatic rings. The van der Waals surface area contributed by atoms with Gasteiger partial charge in [0.2, 0.25) is 5.91 Å². The van der Waals surface area contributed by atoms with Crippen LogP contribution < -0.4 is 10.6 Å². The van der Waals surface area contributed by atoms with Gasteiger partial charge in [-0.25, -0.2) is 4.79 Å². The Morgan fingerprint density at radius 1 is 1.00 bits per heavy atom. The highest BCUT2D eigenvalue weighted by molar-refractivity contribution is 7.98. The summed E-state index contributed by atoms with van der Waals surface area (Å²) in [7, 11) is 0. The highest BCUT2D eigenvalue weighted by Crippen LogP contribution is 2.30. The number of thioether (sulfide) groups is 1. The standard InChI is InChI=1S/C32H47N3O4S/c1-10-11-18-35(30(37)26(17-19-40-9)33-31(38)39-32(6,7)8)28(25-20-21(2)15-16-22(25)3)29(36)34-27-23(4)13-12-14-24(27)5/h12-16,20,26,28H,10-11,17-19H2,1-9H3,(H,33,38)(H,34,36). The van der Waals surface area contributed by atoms with Crippen molar-refractivity contribution in [3.8, 4) is 0 Å². The van der Waals surface area contributed by atoms with Crippen LogP contribution >= 0.6 is 11.8 Å². The number of alkyl carbamates (subject to hydrolysis) is 1. The molecule has 2 rings (SSSR count). The summed E-state index contributed by atoms with van der Waals surface area (Å²) in [6.07, 6.45) is 3.29. The summed E-state index contributed by atoms with van der Waals surface area (Å²) < 4.78 is 5.49. The maximum Gasteiger partial charge on any atom is 0.408 e. The molecule has 0 bridgehead atoms. The van der Waals surface area contributed by atoms with E-state index >= 15 is 0 Å². The molecule has 2 atom stereocenters. The molecule has 220 valence electrons. The van der Waals surface area contributed by atoms with Gasteiger partial charge in [-0.3, -0.25) is 9.59 Å². The minimum Gasteiger partial charge on any atom is -0.444 e. The van der Waals surface area contributed by atoms with Gasteiger partial charge in [0.25, 0.3) is 5.91 Å². The number of anilines is 1. The first kappa shape index (κ1) is 33.2. The monoisotopic (exact) mass is 569 g/mol. The molecule has 2 N–H and O–H groups in total. The summed E-state index contributed by atoms with van der Waals surface area (Å²) >= 11 is 1.60. The molecule has 0 radical (unpaired) electrons. The van der Waals surface area contributed by atoms with E-state index in [4.69, 9.17) is 4.74 Å². The Morgan fingerprint density at radius 3 is 2.23 bits per heavy atom. The van der Waals surface area contributed by atoms with Crippen LogP contribution in [0.5, 0.6) is 0 Å². The number of aryl methyl sites for hydroxylation is 4. The van der Waals surface area contributed by atoms with Crippen molar-refractivity contribution >= 4 is 35.4 Å². The van der Waals surface area contributed by atoms with Gasteiger partial charge in [0.1, 0.15) is 17.7 Å². The lowest BCUT2D eigenvalue weighted by atomic mass is 9.95. The molecule has 0 heterocycles. The summed E-state index contributed by atoms with van der Waals surface area (Å²) in [5.41, 5.74) is 4.63. The molecule has 0 saturated heterocycles. The zero-order valence-corrected chi connectivity index (χ0v) is 26.5. The number of hydrogen-bond acceptors (Lipinski definition) is 5. The van der Waals surface area contributed by atoms with E-state index in [0.717, 1.165) is 39.9 Å². The molecule has 2 aromatic rings. The van der Waals surface area contributed by atoms with Gasteiger partial charge < -0.3 is 20.3 Å². The number of ether oxygens (including phenoxy) is 1. The Balaban J connectivity index is 2.61. The van der Waals surface area contributed by atoms with Crippen molar-refractivity contribution in [2.75, 3.05) is 23.9 Å². The molecule has 8 heteroatoms. The highest BCUT2D eigenvalue weighted by atomic mass is 32.2. The van der Waals surface area contributed by atoms with Crippen LogP contribution in [-0.4, -0.2) is 53.0 Å². The molecule has 7 nitrogen and oxygen atoms in total. The van der Waals surface area contributed by atoms with Gasteiger partial charge in [-0.1, -0.05) is 55.3 Å². The van der Waals surface area contributed by atoms with E-state index < -0.39 is 23.8 Å². The van der Waals surface area contributed by atoms with Crippen LogP contribution in [0.4, 0.5) is 10.5 Å². The van der Waals surface area contributed by atoms with Gasteiger partial charge in [-0.15, -0.1) is 0 Å². The molecule has 3 amide bonds. The largest absolute Gasteiger partial charge is 0.444 e. The minimum absolute atomic E-state index is 0.281. The fourth-order valence-electron chi connectivity index (χ4n) is 4.55. The van der Waals surface area contributed by atoms with Crippen molar-refractivity contribution in [1.82, 2.24) is 10.2 Å². The van der Waals surface area contributed by atoms with Crippen molar-refractivity contribution in [1.29, 1.82) is 0 Å². The normalized spacial score (nSPS) is 12.8. The van der Waals surface area contributed by atoms with E-state index in [1.54, 1.807) is 37.4 Å². The predicted octanol–water partition coefficient (Wildman–Crippen LogP) is 6.88. The first-order valence-corrected chi connectivity index (χ1v) is 15.4. The number of unbranched alkanes of at least 4 members (excludes halogenated alkanes) is 1. The Hall–Kier alpha value is -3.00. The Kier molecular flexibility index (Phi) is 12.6. The lowest BCUT2D eigenvalue weighted by Gasteiger charge is -2.35. The number of carbonyl (C=O) groups is 3. The van der Waals surface area contributed by atoms with Gasteiger partial charge in [0, 0.05) is 12.2 Å². The van der Waals surface area contributed by atoms with E-state index in [-0.39, 0.29) is 11.8 Å². The first-order chi connectivity index (χ1) is 18.8. The van der Waals surface area contributed by atoms with Crippen molar-refractivity contribution in [3.63, 3.8) is 0 Å². The number of hydrogen-bond donors (Lipinski definition) is 2. The highest BCUT2D eigenvalue weighted by Gasteiger charge is 2.37. The third-order valence-corrected chi connectivity index (χ3v) is 7.30. The fraction of sp³-hybridized carbons (Fsp3) is 0.531. The SMILES string of the molecule is CCCCN(C(=O)C(CCSC)NC(=O)OC(C)(C)C)C(C(=O)Nc1c(C)cccc1C)c1cc(C)ccc1C. The van der Waals surface area contributed by atoms with E-state index in [1.165, 1.54) is 0 Å². The lowest BCUT2D eigenvalue weighted by molar-refractivity contribution is -0.141. The number of benzene rings is 2. The van der Waals surface area contributed by atoms with Crippen molar-refractivity contribution in [2.24, 2.45) is 0 Å². The third kappa shape index (κ3) is 9.58. The molecule has 0 aromatic heterocycles. The second kappa shape index (κ2) is 15.1. The predicted molar refractivity (Wildman–Crippen MR) is 166 cm³/mol. The van der Waals surface area contributed by atoms with Crippen molar-refractivity contribution in [2.45, 2.75) is 92.3 Å². The average Bonchev–Trinajstić information content (AvgIpc) is 2.86. The Morgan fingerprint density at radius 2 is 1.65 bits per heavy atom. The second-order valence-electron chi connectivity index (χ2n) is 11.4. The quantitative estimate of drug-likeness (QED) is 0.291. The number of carbonyl (C=O) groups excluding carboxylic acids is 3. The summed E-state index contributed by atoms with van der Waals surface area (Å²) in [5, 5.41) is 5.95. The number of rotatable bonds is 12. The van der Waals surface area contributed by atoms with Crippen LogP contribution in [-0.2, 0) is 14.3 Å². The fourth-order valence-corrected chi connectivity index (χ4v) is 5.02. The van der Waals surface area contributed by atoms with E-state index in [9.17, 15) is 14.4 Å². The Labute approximate surface area is 244 Å². The number of nitrogens with one attached hydrogen (secondary N) is 2. The van der Waals surface area contributed by atoms with Crippen molar-refractivity contribution in [3.05, 3.63) is 64.2 Å². The van der Waals surface area contributed by atoms with Crippen LogP contribution in [0.1, 0.15) is 80.8 Å². The van der Waals surface area contributed by atoms with Gasteiger partial charge >= 0.3 is 6.09 Å². The van der Waals surface area contributed by atoms with Gasteiger partial charge in [-0.05, 0) is 95.6 Å². The van der Waals surface area contributed by atoms with Crippen LogP contribution in [0.15, 0.2) is 36.4 Å². The molecule has 0 aliphatic carbocycles. The van der Waals surface area contributed by atoms with E-state index in [0.29, 0.717) is 25.1 Å². The summed E-state index contributed by atoms with van der Waals surface area (Å²) in [6, 6.07) is 10.1. The molecule has 0 spiro atoms. The number of nitrogens with zero attached hydrogens (tertiary/aromatic N) is 1. The van der Waals surface area contributed by atoms with Crippen LogP contribution in [0.25, 0.3) is 0 Å². The van der Waals surface area contributed by atoms with E-state index in [1.807, 2.05) is 70.3 Å². The molecule has 0 saturated carbocycles. The molecule has 0 fully saturated rings. The number of para-hydroxylation sites is 1. The number of amides is 3. The van der Waals surface area contributed by atoms with Crippen LogP contribution in [0.3, 0.4) is 0 Å². The molecular weight excluding hydrogens is 522 g/mol. The van der Waals surface area contributed by atoms with Gasteiger partial charge in [0.15, 0.2) is 0 Å². The van der Waals surface area contributed by atoms with Crippen LogP contribution in [0, 0.1) is 27.7 Å². The third-order valence-electron chi connectivity index (χ3n) is 6.65. The van der Waals surface area contributed by atoms with Crippen molar-refractivity contribution < 1.29 is 19.1 Å². The minimum atomic E-state index is -0.879. The first-order valence-electron chi connectivity index (χ1n) is 14.0. The molecule has 0 aliphatic heterocycles. The summed E-state index contributed by atoms with van der Waals surface area (Å²) in [6.45, 7) is 15.6. The maximum absolute atomic E-state index is 14.3. The summed E-state index contributed by atoms with van der Waals surface area (Å²) in [4.78, 5) is 43.0. The molecule has 40 heavy (non-hydrogen) atoms. The zero-order chi connectivity index (χ0) is 30.0. The molecule has 2 unspecified atom stereocenters. The zero-order valence-electron chi connectivity index (χ0n) is 25.6. The smallest absolute Gasteiger partial charge is 0.408 e. The maximum atomic E-state index is 14.3. The van der Waals surface area contributed by atoms with Crippen LogP contribution in [0.2, 0.25) is 0 Å². The molecule has 2 aromatic carbocycles.